The van der Waals surface area contributed by atoms with Crippen LogP contribution in [0.15, 0.2) is 47.4 Å². The molecule has 0 aliphatic carbocycles. The number of halogens is 1. The van der Waals surface area contributed by atoms with E-state index in [4.69, 9.17) is 11.6 Å². The van der Waals surface area contributed by atoms with Gasteiger partial charge in [0.1, 0.15) is 0 Å². The van der Waals surface area contributed by atoms with Crippen LogP contribution in [0.4, 0.5) is 10.8 Å². The van der Waals surface area contributed by atoms with Gasteiger partial charge in [-0.2, -0.15) is 4.31 Å². The van der Waals surface area contributed by atoms with E-state index < -0.39 is 10.0 Å². The zero-order valence-electron chi connectivity index (χ0n) is 16.1. The summed E-state index contributed by atoms with van der Waals surface area (Å²) in [7, 11) is -3.61. The molecule has 158 valence electrons. The molecule has 2 heterocycles. The molecule has 1 aromatic heterocycles. The maximum Gasteiger partial charge on any atom is 0.243 e. The van der Waals surface area contributed by atoms with Crippen LogP contribution in [-0.2, 0) is 14.8 Å². The third-order valence-electron chi connectivity index (χ3n) is 4.86. The van der Waals surface area contributed by atoms with E-state index >= 15 is 0 Å². The summed E-state index contributed by atoms with van der Waals surface area (Å²) < 4.78 is 28.3. The zero-order chi connectivity index (χ0) is 21.1. The van der Waals surface area contributed by atoms with Crippen LogP contribution < -0.4 is 10.6 Å². The molecule has 0 saturated carbocycles. The summed E-state index contributed by atoms with van der Waals surface area (Å²) in [4.78, 5) is 17.0. The molecule has 1 fully saturated rings. The highest BCUT2D eigenvalue weighted by Gasteiger charge is 2.26. The number of fused-ring (bicyclic) bond motifs is 1. The van der Waals surface area contributed by atoms with Gasteiger partial charge in [-0.3, -0.25) is 4.79 Å². The average molecular weight is 465 g/mol. The number of hydrogen-bond acceptors (Lipinski definition) is 6. The largest absolute Gasteiger partial charge is 0.352 e. The van der Waals surface area contributed by atoms with Gasteiger partial charge < -0.3 is 10.6 Å². The van der Waals surface area contributed by atoms with E-state index in [-0.39, 0.29) is 28.1 Å². The van der Waals surface area contributed by atoms with Gasteiger partial charge in [0.05, 0.1) is 32.4 Å². The molecule has 2 aromatic carbocycles. The Morgan fingerprint density at radius 1 is 1.13 bits per heavy atom. The minimum Gasteiger partial charge on any atom is -0.352 e. The molecular formula is C20H21ClN4O3S2. The van der Waals surface area contributed by atoms with Gasteiger partial charge in [0.25, 0.3) is 0 Å². The monoisotopic (exact) mass is 464 g/mol. The molecule has 0 bridgehead atoms. The number of carbonyl (C=O) groups is 1. The van der Waals surface area contributed by atoms with Crippen molar-refractivity contribution >= 4 is 59.9 Å². The Balaban J connectivity index is 1.44. The molecule has 0 atom stereocenters. The third kappa shape index (κ3) is 4.59. The second-order valence-electron chi connectivity index (χ2n) is 6.99. The second kappa shape index (κ2) is 8.89. The molecule has 0 spiro atoms. The fourth-order valence-electron chi connectivity index (χ4n) is 3.31. The van der Waals surface area contributed by atoms with Gasteiger partial charge in [-0.05, 0) is 43.2 Å². The molecule has 1 amide bonds. The Labute approximate surface area is 184 Å². The van der Waals surface area contributed by atoms with Crippen molar-refractivity contribution in [3.05, 3.63) is 47.5 Å². The number of piperidine rings is 1. The third-order valence-corrected chi connectivity index (χ3v) is 8.08. The van der Waals surface area contributed by atoms with Crippen molar-refractivity contribution in [1.29, 1.82) is 0 Å². The van der Waals surface area contributed by atoms with Crippen LogP contribution in [-0.4, -0.2) is 43.2 Å². The summed E-state index contributed by atoms with van der Waals surface area (Å²) in [6, 6.07) is 12.1. The van der Waals surface area contributed by atoms with Crippen LogP contribution in [0.1, 0.15) is 19.3 Å². The van der Waals surface area contributed by atoms with Crippen LogP contribution in [0.25, 0.3) is 10.2 Å². The predicted molar refractivity (Wildman–Crippen MR) is 121 cm³/mol. The molecule has 4 rings (SSSR count). The van der Waals surface area contributed by atoms with Crippen molar-refractivity contribution in [2.45, 2.75) is 24.2 Å². The molecule has 1 saturated heterocycles. The SMILES string of the molecule is O=C(CNc1nc2ccccc2s1)Nc1cc(S(=O)(=O)N2CCCCC2)ccc1Cl. The summed E-state index contributed by atoms with van der Waals surface area (Å²) in [5.41, 5.74) is 1.13. The number of thiazole rings is 1. The first-order valence-electron chi connectivity index (χ1n) is 9.62. The maximum atomic E-state index is 12.9. The van der Waals surface area contributed by atoms with Crippen LogP contribution >= 0.6 is 22.9 Å². The number of anilines is 2. The average Bonchev–Trinajstić information content (AvgIpc) is 3.17. The Morgan fingerprint density at radius 3 is 2.67 bits per heavy atom. The molecule has 1 aliphatic heterocycles. The van der Waals surface area contributed by atoms with E-state index in [1.165, 1.54) is 33.8 Å². The molecule has 10 heteroatoms. The number of para-hydroxylation sites is 1. The number of sulfonamides is 1. The van der Waals surface area contributed by atoms with Crippen molar-refractivity contribution in [1.82, 2.24) is 9.29 Å². The summed E-state index contributed by atoms with van der Waals surface area (Å²) in [5, 5.41) is 6.60. The van der Waals surface area contributed by atoms with Gasteiger partial charge in [0, 0.05) is 13.1 Å². The van der Waals surface area contributed by atoms with Gasteiger partial charge in [0.15, 0.2) is 5.13 Å². The molecule has 2 N–H and O–H groups in total. The predicted octanol–water partition coefficient (Wildman–Crippen LogP) is 4.17. The highest BCUT2D eigenvalue weighted by atomic mass is 35.5. The van der Waals surface area contributed by atoms with E-state index in [0.717, 1.165) is 29.5 Å². The summed E-state index contributed by atoms with van der Waals surface area (Å²) in [6.45, 7) is 1.01. The van der Waals surface area contributed by atoms with Crippen LogP contribution in [0.2, 0.25) is 5.02 Å². The topological polar surface area (TPSA) is 91.4 Å². The molecule has 30 heavy (non-hydrogen) atoms. The molecule has 0 radical (unpaired) electrons. The van der Waals surface area contributed by atoms with Crippen molar-refractivity contribution in [2.75, 3.05) is 30.3 Å². The van der Waals surface area contributed by atoms with Gasteiger partial charge in [0.2, 0.25) is 15.9 Å². The molecule has 7 nitrogen and oxygen atoms in total. The molecule has 3 aromatic rings. The van der Waals surface area contributed by atoms with Crippen LogP contribution in [0.3, 0.4) is 0 Å². The van der Waals surface area contributed by atoms with Crippen molar-refractivity contribution in [2.24, 2.45) is 0 Å². The first-order valence-corrected chi connectivity index (χ1v) is 12.3. The number of nitrogens with zero attached hydrogens (tertiary/aromatic N) is 2. The number of benzene rings is 2. The number of rotatable bonds is 6. The lowest BCUT2D eigenvalue weighted by Gasteiger charge is -2.26. The second-order valence-corrected chi connectivity index (χ2v) is 10.4. The Hall–Kier alpha value is -2.20. The van der Waals surface area contributed by atoms with E-state index in [9.17, 15) is 13.2 Å². The number of amides is 1. The van der Waals surface area contributed by atoms with E-state index in [1.54, 1.807) is 0 Å². The summed E-state index contributed by atoms with van der Waals surface area (Å²) in [6.07, 6.45) is 2.75. The Kier molecular flexibility index (Phi) is 6.24. The summed E-state index contributed by atoms with van der Waals surface area (Å²) >= 11 is 7.65. The highest BCUT2D eigenvalue weighted by Crippen LogP contribution is 2.29. The fourth-order valence-corrected chi connectivity index (χ4v) is 5.88. The first-order chi connectivity index (χ1) is 14.4. The number of nitrogens with one attached hydrogen (secondary N) is 2. The Bertz CT molecular complexity index is 1140. The van der Waals surface area contributed by atoms with Gasteiger partial charge >= 0.3 is 0 Å². The molecular weight excluding hydrogens is 444 g/mol. The maximum absolute atomic E-state index is 12.9. The number of carbonyl (C=O) groups excluding carboxylic acids is 1. The van der Waals surface area contributed by atoms with Gasteiger partial charge in [-0.15, -0.1) is 0 Å². The van der Waals surface area contributed by atoms with Crippen molar-refractivity contribution in [3.63, 3.8) is 0 Å². The number of hydrogen-bond donors (Lipinski definition) is 2. The molecule has 0 unspecified atom stereocenters. The lowest BCUT2D eigenvalue weighted by Crippen LogP contribution is -2.35. The standard InChI is InChI=1S/C20H21ClN4O3S2/c21-15-9-8-14(30(27,28)25-10-4-1-5-11-25)12-17(15)23-19(26)13-22-20-24-16-6-2-3-7-18(16)29-20/h2-3,6-9,12H,1,4-5,10-11,13H2,(H,22,24)(H,23,26). The van der Waals surface area contributed by atoms with Crippen molar-refractivity contribution < 1.29 is 13.2 Å². The fraction of sp³-hybridized carbons (Fsp3) is 0.300. The minimum absolute atomic E-state index is 0.0146. The minimum atomic E-state index is -3.61. The normalized spacial score (nSPS) is 15.2. The van der Waals surface area contributed by atoms with E-state index in [0.29, 0.717) is 18.2 Å². The smallest absolute Gasteiger partial charge is 0.243 e. The quantitative estimate of drug-likeness (QED) is 0.571. The first kappa shape index (κ1) is 21.0. The number of aromatic nitrogens is 1. The van der Waals surface area contributed by atoms with Crippen LogP contribution in [0, 0.1) is 0 Å². The molecule has 1 aliphatic rings. The van der Waals surface area contributed by atoms with E-state index in [2.05, 4.69) is 15.6 Å². The van der Waals surface area contributed by atoms with Crippen molar-refractivity contribution in [3.8, 4) is 0 Å². The van der Waals surface area contributed by atoms with E-state index in [1.807, 2.05) is 24.3 Å². The van der Waals surface area contributed by atoms with Gasteiger partial charge in [-0.1, -0.05) is 41.5 Å². The highest BCUT2D eigenvalue weighted by molar-refractivity contribution is 7.89. The Morgan fingerprint density at radius 2 is 1.90 bits per heavy atom. The summed E-state index contributed by atoms with van der Waals surface area (Å²) in [5.74, 6) is -0.344. The van der Waals surface area contributed by atoms with Gasteiger partial charge in [-0.25, -0.2) is 13.4 Å². The zero-order valence-corrected chi connectivity index (χ0v) is 18.5. The van der Waals surface area contributed by atoms with Crippen LogP contribution in [0.5, 0.6) is 0 Å². The lowest BCUT2D eigenvalue weighted by atomic mass is 10.2. The lowest BCUT2D eigenvalue weighted by molar-refractivity contribution is -0.114.